The van der Waals surface area contributed by atoms with Gasteiger partial charge in [0.1, 0.15) is 12.2 Å². The van der Waals surface area contributed by atoms with Gasteiger partial charge in [-0.05, 0) is 36.9 Å². The van der Waals surface area contributed by atoms with Crippen molar-refractivity contribution in [3.05, 3.63) is 21.9 Å². The Balaban J connectivity index is 1.97. The Morgan fingerprint density at radius 3 is 3.12 bits per heavy atom. The molecule has 2 rings (SSSR count). The summed E-state index contributed by atoms with van der Waals surface area (Å²) in [5, 5.41) is 12.3. The molecule has 1 N–H and O–H groups in total. The predicted molar refractivity (Wildman–Crippen MR) is 70.5 cm³/mol. The van der Waals surface area contributed by atoms with Crippen LogP contribution in [0.2, 0.25) is 0 Å². The second kappa shape index (κ2) is 5.96. The van der Waals surface area contributed by atoms with Gasteiger partial charge in [-0.25, -0.2) is 0 Å². The second-order valence-electron chi connectivity index (χ2n) is 4.65. The molecule has 1 aliphatic rings. The maximum Gasteiger partial charge on any atom is 0.107 e. The molecule has 1 aromatic rings. The molecule has 4 heteroatoms. The number of nitrogens with zero attached hydrogens (tertiary/aromatic N) is 1. The fourth-order valence-electron chi connectivity index (χ4n) is 2.28. The van der Waals surface area contributed by atoms with E-state index in [-0.39, 0.29) is 6.10 Å². The normalized spacial score (nSPS) is 23.8. The van der Waals surface area contributed by atoms with Gasteiger partial charge in [-0.3, -0.25) is 4.90 Å². The summed E-state index contributed by atoms with van der Waals surface area (Å²) in [7, 11) is 0. The van der Waals surface area contributed by atoms with Gasteiger partial charge >= 0.3 is 0 Å². The number of hydrogen-bond acceptors (Lipinski definition) is 4. The molecule has 1 saturated heterocycles. The average Bonchev–Trinajstić information content (AvgIpc) is 2.76. The number of hydrogen-bond donors (Lipinski definition) is 1. The predicted octanol–water partition coefficient (Wildman–Crippen LogP) is 2.20. The Labute approximate surface area is 107 Å². The van der Waals surface area contributed by atoms with Crippen LogP contribution in [-0.2, 0) is 4.74 Å². The Bertz CT molecular complexity index is 351. The van der Waals surface area contributed by atoms with Crippen LogP contribution in [0, 0.1) is 6.92 Å². The van der Waals surface area contributed by atoms with E-state index in [9.17, 15) is 5.11 Å². The Morgan fingerprint density at radius 2 is 2.47 bits per heavy atom. The molecule has 0 radical (unpaired) electrons. The first-order valence-electron chi connectivity index (χ1n) is 6.27. The third-order valence-corrected chi connectivity index (χ3v) is 4.04. The van der Waals surface area contributed by atoms with Gasteiger partial charge in [-0.2, -0.15) is 0 Å². The zero-order valence-electron chi connectivity index (χ0n) is 10.6. The molecule has 3 nitrogen and oxygen atoms in total. The Kier molecular flexibility index (Phi) is 4.56. The van der Waals surface area contributed by atoms with Crippen LogP contribution in [0.5, 0.6) is 0 Å². The maximum atomic E-state index is 10.3. The van der Waals surface area contributed by atoms with Crippen molar-refractivity contribution in [2.24, 2.45) is 0 Å². The van der Waals surface area contributed by atoms with Gasteiger partial charge in [0, 0.05) is 18.0 Å². The topological polar surface area (TPSA) is 32.7 Å². The number of aryl methyl sites for hydroxylation is 1. The van der Waals surface area contributed by atoms with Crippen molar-refractivity contribution in [2.75, 3.05) is 26.2 Å². The highest BCUT2D eigenvalue weighted by molar-refractivity contribution is 7.10. The molecule has 1 fully saturated rings. The van der Waals surface area contributed by atoms with E-state index in [0.717, 1.165) is 38.2 Å². The first-order chi connectivity index (χ1) is 8.20. The van der Waals surface area contributed by atoms with Gasteiger partial charge in [0.2, 0.25) is 0 Å². The van der Waals surface area contributed by atoms with Crippen molar-refractivity contribution in [3.8, 4) is 0 Å². The lowest BCUT2D eigenvalue weighted by Gasteiger charge is -2.34. The standard InChI is InChI=1S/C13H21NO2S/c1-3-4-14-5-6-16-12(8-14)13(15)11-7-10(2)17-9-11/h7,9,12-13,15H,3-6,8H2,1-2H3. The summed E-state index contributed by atoms with van der Waals surface area (Å²) in [6.07, 6.45) is 0.587. The molecule has 2 atom stereocenters. The highest BCUT2D eigenvalue weighted by atomic mass is 32.1. The molecule has 0 aliphatic carbocycles. The van der Waals surface area contributed by atoms with Gasteiger partial charge < -0.3 is 9.84 Å². The van der Waals surface area contributed by atoms with Crippen LogP contribution in [0.4, 0.5) is 0 Å². The van der Waals surface area contributed by atoms with Crippen molar-refractivity contribution in [2.45, 2.75) is 32.5 Å². The van der Waals surface area contributed by atoms with Gasteiger partial charge in [0.25, 0.3) is 0 Å². The SMILES string of the molecule is CCCN1CCOC(C(O)c2csc(C)c2)C1. The van der Waals surface area contributed by atoms with Crippen LogP contribution >= 0.6 is 11.3 Å². The van der Waals surface area contributed by atoms with Crippen molar-refractivity contribution < 1.29 is 9.84 Å². The van der Waals surface area contributed by atoms with Gasteiger partial charge in [-0.1, -0.05) is 6.92 Å². The van der Waals surface area contributed by atoms with Gasteiger partial charge in [0.15, 0.2) is 0 Å². The minimum absolute atomic E-state index is 0.0794. The molecule has 0 amide bonds. The smallest absolute Gasteiger partial charge is 0.107 e. The molecule has 17 heavy (non-hydrogen) atoms. The number of ether oxygens (including phenoxy) is 1. The van der Waals surface area contributed by atoms with Crippen molar-refractivity contribution >= 4 is 11.3 Å². The van der Waals surface area contributed by atoms with E-state index in [1.165, 1.54) is 4.88 Å². The van der Waals surface area contributed by atoms with Crippen LogP contribution in [0.1, 0.15) is 29.9 Å². The zero-order valence-corrected chi connectivity index (χ0v) is 11.4. The molecule has 1 aliphatic heterocycles. The third-order valence-electron chi connectivity index (χ3n) is 3.16. The van der Waals surface area contributed by atoms with E-state index in [4.69, 9.17) is 4.74 Å². The molecule has 1 aromatic heterocycles. The summed E-state index contributed by atoms with van der Waals surface area (Å²) in [6.45, 7) is 7.89. The van der Waals surface area contributed by atoms with Crippen LogP contribution in [0.3, 0.4) is 0 Å². The molecule has 2 heterocycles. The number of aliphatic hydroxyl groups is 1. The summed E-state index contributed by atoms with van der Waals surface area (Å²) in [4.78, 5) is 3.61. The van der Waals surface area contributed by atoms with Crippen molar-refractivity contribution in [3.63, 3.8) is 0 Å². The molecule has 0 saturated carbocycles. The number of rotatable bonds is 4. The van der Waals surface area contributed by atoms with Crippen LogP contribution in [0.25, 0.3) is 0 Å². The van der Waals surface area contributed by atoms with E-state index in [0.29, 0.717) is 0 Å². The summed E-state index contributed by atoms with van der Waals surface area (Å²) in [5.41, 5.74) is 0.996. The third kappa shape index (κ3) is 3.28. The minimum atomic E-state index is -0.486. The summed E-state index contributed by atoms with van der Waals surface area (Å²) in [5.74, 6) is 0. The molecule has 2 unspecified atom stereocenters. The zero-order chi connectivity index (χ0) is 12.3. The molecular formula is C13H21NO2S. The van der Waals surface area contributed by atoms with E-state index in [2.05, 4.69) is 24.8 Å². The number of morpholine rings is 1. The summed E-state index contributed by atoms with van der Waals surface area (Å²) < 4.78 is 5.69. The highest BCUT2D eigenvalue weighted by Crippen LogP contribution is 2.26. The Morgan fingerprint density at radius 1 is 1.65 bits per heavy atom. The van der Waals surface area contributed by atoms with Crippen molar-refractivity contribution in [1.82, 2.24) is 4.90 Å². The quantitative estimate of drug-likeness (QED) is 0.895. The minimum Gasteiger partial charge on any atom is -0.386 e. The lowest BCUT2D eigenvalue weighted by molar-refractivity contribution is -0.0897. The Hall–Kier alpha value is -0.420. The molecule has 0 spiro atoms. The lowest BCUT2D eigenvalue weighted by atomic mass is 10.1. The largest absolute Gasteiger partial charge is 0.386 e. The van der Waals surface area contributed by atoms with Crippen molar-refractivity contribution in [1.29, 1.82) is 0 Å². The molecular weight excluding hydrogens is 234 g/mol. The molecule has 0 aromatic carbocycles. The number of thiophene rings is 1. The molecule has 96 valence electrons. The van der Waals surface area contributed by atoms with Gasteiger partial charge in [0.05, 0.1) is 6.61 Å². The van der Waals surface area contributed by atoms with Crippen LogP contribution in [0.15, 0.2) is 11.4 Å². The summed E-state index contributed by atoms with van der Waals surface area (Å²) in [6, 6.07) is 2.05. The van der Waals surface area contributed by atoms with E-state index in [1.807, 2.05) is 5.38 Å². The first-order valence-corrected chi connectivity index (χ1v) is 7.15. The van der Waals surface area contributed by atoms with Crippen LogP contribution in [-0.4, -0.2) is 42.4 Å². The van der Waals surface area contributed by atoms with E-state index < -0.39 is 6.10 Å². The van der Waals surface area contributed by atoms with Crippen LogP contribution < -0.4 is 0 Å². The van der Waals surface area contributed by atoms with E-state index in [1.54, 1.807) is 11.3 Å². The highest BCUT2D eigenvalue weighted by Gasteiger charge is 2.27. The summed E-state index contributed by atoms with van der Waals surface area (Å²) >= 11 is 1.68. The maximum absolute atomic E-state index is 10.3. The average molecular weight is 255 g/mol. The monoisotopic (exact) mass is 255 g/mol. The lowest BCUT2D eigenvalue weighted by Crippen LogP contribution is -2.45. The number of aliphatic hydroxyl groups excluding tert-OH is 1. The fourth-order valence-corrected chi connectivity index (χ4v) is 3.01. The molecule has 0 bridgehead atoms. The van der Waals surface area contributed by atoms with E-state index >= 15 is 0 Å². The van der Waals surface area contributed by atoms with Gasteiger partial charge in [-0.15, -0.1) is 11.3 Å². The second-order valence-corrected chi connectivity index (χ2v) is 5.76. The first kappa shape index (κ1) is 13.0. The fraction of sp³-hybridized carbons (Fsp3) is 0.692.